The van der Waals surface area contributed by atoms with E-state index < -0.39 is 27.8 Å². The summed E-state index contributed by atoms with van der Waals surface area (Å²) < 4.78 is 24.0. The Hall–Kier alpha value is -1.80. The molecule has 0 radical (unpaired) electrons. The Morgan fingerprint density at radius 3 is 2.39 bits per heavy atom. The number of nitrogens with one attached hydrogen (secondary N) is 1. The van der Waals surface area contributed by atoms with Crippen LogP contribution in [0.5, 0.6) is 11.5 Å². The normalized spacial score (nSPS) is 13.2. The Balaban J connectivity index is 2.90. The van der Waals surface area contributed by atoms with Crippen LogP contribution in [0.1, 0.15) is 5.56 Å². The van der Waals surface area contributed by atoms with Gasteiger partial charge in [-0.2, -0.15) is 0 Å². The number of carboxylic acids is 1. The predicted octanol–water partition coefficient (Wildman–Crippen LogP) is -0.357. The number of benzene rings is 1. The molecule has 0 bridgehead atoms. The van der Waals surface area contributed by atoms with E-state index in [1.54, 1.807) is 0 Å². The van der Waals surface area contributed by atoms with Crippen LogP contribution < -0.4 is 4.72 Å². The van der Waals surface area contributed by atoms with Crippen molar-refractivity contribution in [1.82, 2.24) is 4.72 Å². The predicted molar refractivity (Wildman–Crippen MR) is 62.9 cm³/mol. The smallest absolute Gasteiger partial charge is 0.322 e. The maximum absolute atomic E-state index is 11.0. The number of aliphatic carboxylic acids is 1. The summed E-state index contributed by atoms with van der Waals surface area (Å²) in [6, 6.07) is 2.44. The fourth-order valence-corrected chi connectivity index (χ4v) is 2.07. The van der Waals surface area contributed by atoms with Gasteiger partial charge in [-0.15, -0.1) is 0 Å². The zero-order chi connectivity index (χ0) is 13.9. The lowest BCUT2D eigenvalue weighted by Crippen LogP contribution is -2.41. The zero-order valence-electron chi connectivity index (χ0n) is 9.49. The van der Waals surface area contributed by atoms with Gasteiger partial charge in [-0.05, 0) is 24.1 Å². The van der Waals surface area contributed by atoms with Crippen LogP contribution in [-0.2, 0) is 21.2 Å². The fourth-order valence-electron chi connectivity index (χ4n) is 1.37. The standard InChI is InChI=1S/C10H13NO6S/c1-18(16,17)11-7(10(14)15)4-6-2-3-8(12)9(13)5-6/h2-3,5,7,11-13H,4H2,1H3,(H,14,15). The first-order valence-corrected chi connectivity index (χ1v) is 6.79. The molecule has 1 unspecified atom stereocenters. The molecular weight excluding hydrogens is 262 g/mol. The van der Waals surface area contributed by atoms with Crippen LogP contribution in [0.2, 0.25) is 0 Å². The third kappa shape index (κ3) is 4.22. The van der Waals surface area contributed by atoms with Gasteiger partial charge in [0, 0.05) is 0 Å². The summed E-state index contributed by atoms with van der Waals surface area (Å²) in [6.07, 6.45) is 0.716. The Bertz CT molecular complexity index is 553. The number of phenolic OH excluding ortho intramolecular Hbond substituents is 2. The summed E-state index contributed by atoms with van der Waals surface area (Å²) >= 11 is 0. The minimum atomic E-state index is -3.65. The molecule has 0 saturated heterocycles. The molecule has 4 N–H and O–H groups in total. The lowest BCUT2D eigenvalue weighted by Gasteiger charge is -2.13. The summed E-state index contributed by atoms with van der Waals surface area (Å²) in [5, 5.41) is 27.2. The number of carboxylic acid groups (broad SMARTS) is 1. The molecule has 0 aliphatic carbocycles. The van der Waals surface area contributed by atoms with Crippen molar-refractivity contribution in [2.75, 3.05) is 6.26 Å². The van der Waals surface area contributed by atoms with Crippen molar-refractivity contribution < 1.29 is 28.5 Å². The highest BCUT2D eigenvalue weighted by atomic mass is 32.2. The first kappa shape index (κ1) is 14.3. The fraction of sp³-hybridized carbons (Fsp3) is 0.300. The molecule has 1 atom stereocenters. The van der Waals surface area contributed by atoms with Crippen LogP contribution >= 0.6 is 0 Å². The summed E-state index contributed by atoms with van der Waals surface area (Å²) in [5.74, 6) is -2.05. The second-order valence-electron chi connectivity index (χ2n) is 3.81. The minimum Gasteiger partial charge on any atom is -0.504 e. The number of hydrogen-bond acceptors (Lipinski definition) is 5. The second-order valence-corrected chi connectivity index (χ2v) is 5.59. The number of phenols is 2. The Morgan fingerprint density at radius 1 is 1.33 bits per heavy atom. The maximum atomic E-state index is 11.0. The van der Waals surface area contributed by atoms with E-state index in [0.29, 0.717) is 5.56 Å². The number of carbonyl (C=O) groups is 1. The molecule has 0 saturated carbocycles. The van der Waals surface area contributed by atoms with E-state index in [0.717, 1.165) is 6.26 Å². The van der Waals surface area contributed by atoms with Crippen LogP contribution in [-0.4, -0.2) is 42.0 Å². The van der Waals surface area contributed by atoms with E-state index in [1.807, 2.05) is 4.72 Å². The molecule has 8 heteroatoms. The van der Waals surface area contributed by atoms with Gasteiger partial charge in [0.05, 0.1) is 6.26 Å². The van der Waals surface area contributed by atoms with Gasteiger partial charge in [0.25, 0.3) is 0 Å². The van der Waals surface area contributed by atoms with E-state index in [1.165, 1.54) is 18.2 Å². The molecule has 1 aromatic carbocycles. The first-order chi connectivity index (χ1) is 8.19. The van der Waals surface area contributed by atoms with Crippen LogP contribution in [0.15, 0.2) is 18.2 Å². The van der Waals surface area contributed by atoms with Crippen molar-refractivity contribution in [3.8, 4) is 11.5 Å². The highest BCUT2D eigenvalue weighted by Gasteiger charge is 2.22. The quantitative estimate of drug-likeness (QED) is 0.544. The van der Waals surface area contributed by atoms with Gasteiger partial charge >= 0.3 is 5.97 Å². The number of hydrogen-bond donors (Lipinski definition) is 4. The molecule has 100 valence electrons. The van der Waals surface area contributed by atoms with Crippen molar-refractivity contribution in [3.05, 3.63) is 23.8 Å². The zero-order valence-corrected chi connectivity index (χ0v) is 10.3. The van der Waals surface area contributed by atoms with Crippen molar-refractivity contribution >= 4 is 16.0 Å². The lowest BCUT2D eigenvalue weighted by atomic mass is 10.1. The lowest BCUT2D eigenvalue weighted by molar-refractivity contribution is -0.138. The molecule has 0 spiro atoms. The molecule has 0 aliphatic heterocycles. The molecule has 7 nitrogen and oxygen atoms in total. The monoisotopic (exact) mass is 275 g/mol. The highest BCUT2D eigenvalue weighted by Crippen LogP contribution is 2.25. The molecule has 0 fully saturated rings. The molecule has 0 heterocycles. The number of sulfonamides is 1. The third-order valence-corrected chi connectivity index (χ3v) is 2.85. The molecule has 0 aliphatic rings. The number of aromatic hydroxyl groups is 2. The van der Waals surface area contributed by atoms with Crippen LogP contribution in [0, 0.1) is 0 Å². The van der Waals surface area contributed by atoms with Gasteiger partial charge in [0.2, 0.25) is 10.0 Å². The van der Waals surface area contributed by atoms with Crippen molar-refractivity contribution in [3.63, 3.8) is 0 Å². The van der Waals surface area contributed by atoms with E-state index >= 15 is 0 Å². The average Bonchev–Trinajstić information content (AvgIpc) is 2.20. The highest BCUT2D eigenvalue weighted by molar-refractivity contribution is 7.88. The Kier molecular flexibility index (Phi) is 4.15. The molecule has 1 rings (SSSR count). The Labute approximate surface area is 104 Å². The first-order valence-electron chi connectivity index (χ1n) is 4.90. The molecule has 0 amide bonds. The third-order valence-electron chi connectivity index (χ3n) is 2.13. The van der Waals surface area contributed by atoms with E-state index in [9.17, 15) is 18.3 Å². The van der Waals surface area contributed by atoms with Crippen LogP contribution in [0.3, 0.4) is 0 Å². The summed E-state index contributed by atoms with van der Waals surface area (Å²) in [5.41, 5.74) is 0.383. The molecule has 1 aromatic rings. The molecule has 18 heavy (non-hydrogen) atoms. The SMILES string of the molecule is CS(=O)(=O)NC(Cc1ccc(O)c(O)c1)C(=O)O. The topological polar surface area (TPSA) is 124 Å². The van der Waals surface area contributed by atoms with Crippen LogP contribution in [0.25, 0.3) is 0 Å². The largest absolute Gasteiger partial charge is 0.504 e. The average molecular weight is 275 g/mol. The van der Waals surface area contributed by atoms with Crippen molar-refractivity contribution in [2.45, 2.75) is 12.5 Å². The van der Waals surface area contributed by atoms with E-state index in [-0.39, 0.29) is 12.2 Å². The van der Waals surface area contributed by atoms with Crippen molar-refractivity contribution in [2.24, 2.45) is 0 Å². The summed E-state index contributed by atoms with van der Waals surface area (Å²) in [7, 11) is -3.65. The second kappa shape index (κ2) is 5.23. The van der Waals surface area contributed by atoms with Gasteiger partial charge in [-0.25, -0.2) is 13.1 Å². The molecule has 0 aromatic heterocycles. The minimum absolute atomic E-state index is 0.143. The maximum Gasteiger partial charge on any atom is 0.322 e. The Morgan fingerprint density at radius 2 is 1.94 bits per heavy atom. The van der Waals surface area contributed by atoms with Gasteiger partial charge in [0.1, 0.15) is 6.04 Å². The van der Waals surface area contributed by atoms with Gasteiger partial charge in [-0.3, -0.25) is 4.79 Å². The molecular formula is C10H13NO6S. The number of rotatable bonds is 5. The van der Waals surface area contributed by atoms with E-state index in [2.05, 4.69) is 0 Å². The summed E-state index contributed by atoms with van der Waals surface area (Å²) in [4.78, 5) is 10.9. The van der Waals surface area contributed by atoms with Gasteiger partial charge < -0.3 is 15.3 Å². The van der Waals surface area contributed by atoms with E-state index in [4.69, 9.17) is 10.2 Å². The van der Waals surface area contributed by atoms with Gasteiger partial charge in [0.15, 0.2) is 11.5 Å². The van der Waals surface area contributed by atoms with Crippen LogP contribution in [0.4, 0.5) is 0 Å². The van der Waals surface area contributed by atoms with Gasteiger partial charge in [-0.1, -0.05) is 6.07 Å². The van der Waals surface area contributed by atoms with Crippen molar-refractivity contribution in [1.29, 1.82) is 0 Å². The summed E-state index contributed by atoms with van der Waals surface area (Å²) in [6.45, 7) is 0.